The van der Waals surface area contributed by atoms with Crippen molar-refractivity contribution in [1.29, 1.82) is 0 Å². The van der Waals surface area contributed by atoms with E-state index >= 15 is 0 Å². The Kier molecular flexibility index (Phi) is 5.16. The fourth-order valence-corrected chi connectivity index (χ4v) is 4.69. The summed E-state index contributed by atoms with van der Waals surface area (Å²) in [6, 6.07) is 41.2. The van der Waals surface area contributed by atoms with Crippen molar-refractivity contribution in [3.63, 3.8) is 0 Å². The molecular formula is C31H20IN. The molecule has 6 rings (SSSR count). The fourth-order valence-electron chi connectivity index (χ4n) is 4.33. The Hall–Kier alpha value is -3.50. The number of rotatable bonds is 3. The molecule has 1 heterocycles. The fraction of sp³-hybridized carbons (Fsp3) is 0. The first-order valence-corrected chi connectivity index (χ1v) is 12.1. The number of aromatic nitrogens is 1. The van der Waals surface area contributed by atoms with Crippen LogP contribution in [0.3, 0.4) is 0 Å². The topological polar surface area (TPSA) is 12.9 Å². The van der Waals surface area contributed by atoms with Gasteiger partial charge in [-0.3, -0.25) is 4.98 Å². The van der Waals surface area contributed by atoms with Gasteiger partial charge in [0, 0.05) is 20.9 Å². The van der Waals surface area contributed by atoms with Gasteiger partial charge in [-0.1, -0.05) is 78.9 Å². The van der Waals surface area contributed by atoms with Gasteiger partial charge in [0.1, 0.15) is 0 Å². The summed E-state index contributed by atoms with van der Waals surface area (Å²) < 4.78 is 1.25. The maximum Gasteiger partial charge on any atom is 0.0702 e. The standard InChI is InChI=1S/C31H20IN/c32-30-14-11-22(12-15-30)24-6-7-26-18-27(9-8-25(26)17-24)29-13-16-31(33-20-29)28-10-5-21-3-1-2-4-23(21)19-28/h1-20H. The van der Waals surface area contributed by atoms with Crippen molar-refractivity contribution in [3.05, 3.63) is 125 Å². The molecule has 0 radical (unpaired) electrons. The summed E-state index contributed by atoms with van der Waals surface area (Å²) >= 11 is 2.34. The number of hydrogen-bond donors (Lipinski definition) is 0. The molecule has 0 saturated heterocycles. The molecule has 0 aliphatic heterocycles. The summed E-state index contributed by atoms with van der Waals surface area (Å²) in [5, 5.41) is 4.97. The largest absolute Gasteiger partial charge is 0.256 e. The SMILES string of the molecule is Ic1ccc(-c2ccc3cc(-c4ccc(-c5ccc6ccccc6c5)nc4)ccc3c2)cc1. The van der Waals surface area contributed by atoms with Crippen LogP contribution >= 0.6 is 22.6 Å². The molecule has 33 heavy (non-hydrogen) atoms. The van der Waals surface area contributed by atoms with Crippen LogP contribution in [0.15, 0.2) is 121 Å². The number of hydrogen-bond acceptors (Lipinski definition) is 1. The number of fused-ring (bicyclic) bond motifs is 2. The van der Waals surface area contributed by atoms with E-state index in [9.17, 15) is 0 Å². The normalized spacial score (nSPS) is 11.2. The van der Waals surface area contributed by atoms with Gasteiger partial charge in [0.05, 0.1) is 5.69 Å². The van der Waals surface area contributed by atoms with E-state index in [0.717, 1.165) is 16.8 Å². The van der Waals surface area contributed by atoms with E-state index in [2.05, 4.69) is 138 Å². The first-order valence-electron chi connectivity index (χ1n) is 11.0. The summed E-state index contributed by atoms with van der Waals surface area (Å²) in [7, 11) is 0. The first kappa shape index (κ1) is 20.1. The van der Waals surface area contributed by atoms with Crippen molar-refractivity contribution in [2.45, 2.75) is 0 Å². The van der Waals surface area contributed by atoms with Gasteiger partial charge in [-0.15, -0.1) is 0 Å². The smallest absolute Gasteiger partial charge is 0.0702 e. The summed E-state index contributed by atoms with van der Waals surface area (Å²) in [6.07, 6.45) is 1.98. The quantitative estimate of drug-likeness (QED) is 0.207. The van der Waals surface area contributed by atoms with Crippen LogP contribution in [-0.4, -0.2) is 4.98 Å². The van der Waals surface area contributed by atoms with E-state index in [0.29, 0.717) is 0 Å². The lowest BCUT2D eigenvalue weighted by Crippen LogP contribution is -1.86. The zero-order chi connectivity index (χ0) is 22.2. The minimum absolute atomic E-state index is 0.993. The Bertz CT molecular complexity index is 1600. The van der Waals surface area contributed by atoms with E-state index in [1.54, 1.807) is 0 Å². The molecule has 5 aromatic carbocycles. The highest BCUT2D eigenvalue weighted by atomic mass is 127. The van der Waals surface area contributed by atoms with E-state index in [4.69, 9.17) is 4.98 Å². The predicted molar refractivity (Wildman–Crippen MR) is 148 cm³/mol. The molecule has 6 aromatic rings. The van der Waals surface area contributed by atoms with E-state index in [1.165, 1.54) is 41.8 Å². The van der Waals surface area contributed by atoms with Gasteiger partial charge in [-0.2, -0.15) is 0 Å². The van der Waals surface area contributed by atoms with Gasteiger partial charge in [0.15, 0.2) is 0 Å². The van der Waals surface area contributed by atoms with Crippen LogP contribution in [-0.2, 0) is 0 Å². The second-order valence-corrected chi connectivity index (χ2v) is 9.52. The maximum atomic E-state index is 4.77. The van der Waals surface area contributed by atoms with E-state index in [-0.39, 0.29) is 0 Å². The Labute approximate surface area is 206 Å². The summed E-state index contributed by atoms with van der Waals surface area (Å²) in [5.74, 6) is 0. The van der Waals surface area contributed by atoms with E-state index in [1.807, 2.05) is 6.20 Å². The molecule has 0 unspecified atom stereocenters. The molecule has 0 amide bonds. The lowest BCUT2D eigenvalue weighted by atomic mass is 9.98. The van der Waals surface area contributed by atoms with Crippen LogP contribution in [0.1, 0.15) is 0 Å². The molecule has 0 spiro atoms. The van der Waals surface area contributed by atoms with Gasteiger partial charge in [-0.05, 0) is 97.2 Å². The molecule has 0 fully saturated rings. The third kappa shape index (κ3) is 4.03. The van der Waals surface area contributed by atoms with Crippen molar-refractivity contribution in [3.8, 4) is 33.5 Å². The average Bonchev–Trinajstić information content (AvgIpc) is 2.88. The lowest BCUT2D eigenvalue weighted by molar-refractivity contribution is 1.33. The van der Waals surface area contributed by atoms with Crippen LogP contribution in [0.4, 0.5) is 0 Å². The number of pyridine rings is 1. The van der Waals surface area contributed by atoms with Gasteiger partial charge in [0.2, 0.25) is 0 Å². The zero-order valence-electron chi connectivity index (χ0n) is 17.9. The molecular weight excluding hydrogens is 513 g/mol. The zero-order valence-corrected chi connectivity index (χ0v) is 20.0. The molecule has 0 bridgehead atoms. The maximum absolute atomic E-state index is 4.77. The Balaban J connectivity index is 1.30. The van der Waals surface area contributed by atoms with Crippen molar-refractivity contribution in [2.75, 3.05) is 0 Å². The molecule has 1 aromatic heterocycles. The van der Waals surface area contributed by atoms with Crippen molar-refractivity contribution in [2.24, 2.45) is 0 Å². The minimum atomic E-state index is 0.993. The monoisotopic (exact) mass is 533 g/mol. The molecule has 0 atom stereocenters. The number of nitrogens with zero attached hydrogens (tertiary/aromatic N) is 1. The second kappa shape index (κ2) is 8.45. The highest BCUT2D eigenvalue weighted by molar-refractivity contribution is 14.1. The third-order valence-corrected chi connectivity index (χ3v) is 6.88. The molecule has 0 N–H and O–H groups in total. The average molecular weight is 533 g/mol. The van der Waals surface area contributed by atoms with Crippen LogP contribution < -0.4 is 0 Å². The predicted octanol–water partition coefficient (Wildman–Crippen LogP) is 8.99. The molecule has 0 aliphatic rings. The highest BCUT2D eigenvalue weighted by Crippen LogP contribution is 2.30. The van der Waals surface area contributed by atoms with Gasteiger partial charge >= 0.3 is 0 Å². The highest BCUT2D eigenvalue weighted by Gasteiger charge is 2.06. The van der Waals surface area contributed by atoms with Crippen LogP contribution in [0.5, 0.6) is 0 Å². The first-order chi connectivity index (χ1) is 16.2. The summed E-state index contributed by atoms with van der Waals surface area (Å²) in [5.41, 5.74) is 6.93. The van der Waals surface area contributed by atoms with Crippen molar-refractivity contribution < 1.29 is 0 Å². The van der Waals surface area contributed by atoms with Crippen LogP contribution in [0.25, 0.3) is 55.1 Å². The Morgan fingerprint density at radius 3 is 1.64 bits per heavy atom. The van der Waals surface area contributed by atoms with Gasteiger partial charge < -0.3 is 0 Å². The molecule has 0 aliphatic carbocycles. The van der Waals surface area contributed by atoms with Gasteiger partial charge in [-0.25, -0.2) is 0 Å². The molecule has 156 valence electrons. The van der Waals surface area contributed by atoms with Gasteiger partial charge in [0.25, 0.3) is 0 Å². The summed E-state index contributed by atoms with van der Waals surface area (Å²) in [4.78, 5) is 4.77. The second-order valence-electron chi connectivity index (χ2n) is 8.28. The number of halogens is 1. The third-order valence-electron chi connectivity index (χ3n) is 6.16. The molecule has 2 heteroatoms. The van der Waals surface area contributed by atoms with E-state index < -0.39 is 0 Å². The van der Waals surface area contributed by atoms with Crippen molar-refractivity contribution in [1.82, 2.24) is 4.98 Å². The number of benzene rings is 5. The van der Waals surface area contributed by atoms with Crippen LogP contribution in [0, 0.1) is 3.57 Å². The lowest BCUT2D eigenvalue weighted by Gasteiger charge is -2.08. The van der Waals surface area contributed by atoms with Crippen molar-refractivity contribution >= 4 is 44.1 Å². The minimum Gasteiger partial charge on any atom is -0.256 e. The van der Waals surface area contributed by atoms with Crippen LogP contribution in [0.2, 0.25) is 0 Å². The summed E-state index contributed by atoms with van der Waals surface area (Å²) in [6.45, 7) is 0. The molecule has 0 saturated carbocycles. The Morgan fingerprint density at radius 2 is 0.939 bits per heavy atom. The molecule has 1 nitrogen and oxygen atoms in total. The Morgan fingerprint density at radius 1 is 0.424 bits per heavy atom.